The van der Waals surface area contributed by atoms with Gasteiger partial charge in [-0.15, -0.1) is 0 Å². The Hall–Kier alpha value is -1.99. The molecule has 0 spiro atoms. The normalized spacial score (nSPS) is 30.9. The fraction of sp³-hybridized carbons (Fsp3) is 0.879. The molecule has 17 unspecified atom stereocenters. The van der Waals surface area contributed by atoms with Gasteiger partial charge < -0.3 is 89.9 Å². The van der Waals surface area contributed by atoms with Crippen LogP contribution >= 0.6 is 0 Å². The van der Waals surface area contributed by atoms with Crippen molar-refractivity contribution in [2.45, 2.75) is 298 Å². The number of nitrogens with one attached hydrogen (secondary N) is 1. The van der Waals surface area contributed by atoms with Crippen molar-refractivity contribution in [3.8, 4) is 0 Å². The minimum atomic E-state index is -1.98. The predicted octanol–water partition coefficient (Wildman–Crippen LogP) is 4.93. The van der Waals surface area contributed by atoms with E-state index in [9.17, 15) is 61.0 Å². The first-order chi connectivity index (χ1) is 37.3. The van der Waals surface area contributed by atoms with E-state index in [0.29, 0.717) is 12.8 Å². The number of allylic oxidation sites excluding steroid dienone is 5. The Labute approximate surface area is 460 Å². The average Bonchev–Trinajstić information content (AvgIpc) is 3.43. The van der Waals surface area contributed by atoms with Crippen molar-refractivity contribution in [2.24, 2.45) is 0 Å². The summed E-state index contributed by atoms with van der Waals surface area (Å²) in [5.74, 6) is -0.297. The molecule has 3 saturated heterocycles. The van der Waals surface area contributed by atoms with Crippen LogP contribution in [0.2, 0.25) is 0 Å². The Morgan fingerprint density at radius 3 is 1.34 bits per heavy atom. The zero-order valence-electron chi connectivity index (χ0n) is 46.7. The lowest BCUT2D eigenvalue weighted by Crippen LogP contribution is -2.66. The van der Waals surface area contributed by atoms with Crippen molar-refractivity contribution in [1.29, 1.82) is 0 Å². The van der Waals surface area contributed by atoms with Crippen molar-refractivity contribution >= 4 is 5.91 Å². The molecule has 450 valence electrons. The maximum atomic E-state index is 13.3. The number of carbonyl (C=O) groups excluding carboxylic acids is 1. The molecule has 19 heteroatoms. The molecular formula is C58H105NO18. The van der Waals surface area contributed by atoms with E-state index in [1.54, 1.807) is 6.08 Å². The van der Waals surface area contributed by atoms with Gasteiger partial charge in [-0.25, -0.2) is 0 Å². The molecule has 0 bridgehead atoms. The van der Waals surface area contributed by atoms with Gasteiger partial charge in [-0.2, -0.15) is 0 Å². The third-order valence-corrected chi connectivity index (χ3v) is 14.9. The van der Waals surface area contributed by atoms with Gasteiger partial charge in [-0.3, -0.25) is 4.79 Å². The van der Waals surface area contributed by atoms with E-state index < -0.39 is 124 Å². The van der Waals surface area contributed by atoms with Crippen LogP contribution in [0.3, 0.4) is 0 Å². The van der Waals surface area contributed by atoms with Gasteiger partial charge in [0.2, 0.25) is 5.91 Å². The lowest BCUT2D eigenvalue weighted by molar-refractivity contribution is -0.379. The summed E-state index contributed by atoms with van der Waals surface area (Å²) in [5.41, 5.74) is 0. The molecule has 19 nitrogen and oxygen atoms in total. The van der Waals surface area contributed by atoms with E-state index in [2.05, 4.69) is 43.5 Å². The second kappa shape index (κ2) is 41.9. The van der Waals surface area contributed by atoms with E-state index in [1.165, 1.54) is 103 Å². The molecule has 12 N–H and O–H groups in total. The van der Waals surface area contributed by atoms with Gasteiger partial charge in [-0.05, 0) is 51.4 Å². The molecule has 0 aromatic carbocycles. The molecule has 3 aliphatic heterocycles. The highest BCUT2D eigenvalue weighted by Gasteiger charge is 2.53. The molecule has 0 saturated carbocycles. The Morgan fingerprint density at radius 2 is 0.844 bits per heavy atom. The number of rotatable bonds is 43. The Morgan fingerprint density at radius 1 is 0.455 bits per heavy atom. The highest BCUT2D eigenvalue weighted by molar-refractivity contribution is 5.76. The fourth-order valence-electron chi connectivity index (χ4n) is 9.95. The summed E-state index contributed by atoms with van der Waals surface area (Å²) in [6, 6.07) is -0.991. The van der Waals surface area contributed by atoms with E-state index >= 15 is 0 Å². The van der Waals surface area contributed by atoms with E-state index in [4.69, 9.17) is 28.4 Å². The minimum Gasteiger partial charge on any atom is -0.394 e. The number of amides is 1. The van der Waals surface area contributed by atoms with Gasteiger partial charge >= 0.3 is 0 Å². The lowest BCUT2D eigenvalue weighted by atomic mass is 9.96. The van der Waals surface area contributed by atoms with Crippen molar-refractivity contribution in [2.75, 3.05) is 26.4 Å². The lowest BCUT2D eigenvalue weighted by Gasteiger charge is -2.48. The maximum Gasteiger partial charge on any atom is 0.220 e. The third kappa shape index (κ3) is 26.2. The Balaban J connectivity index is 1.51. The largest absolute Gasteiger partial charge is 0.394 e. The Kier molecular flexibility index (Phi) is 37.7. The molecule has 17 atom stereocenters. The van der Waals surface area contributed by atoms with E-state index in [-0.39, 0.29) is 18.9 Å². The predicted molar refractivity (Wildman–Crippen MR) is 291 cm³/mol. The van der Waals surface area contributed by atoms with Gasteiger partial charge in [-0.1, -0.05) is 172 Å². The zero-order valence-corrected chi connectivity index (χ0v) is 46.7. The van der Waals surface area contributed by atoms with Crippen LogP contribution in [0.4, 0.5) is 0 Å². The summed E-state index contributed by atoms with van der Waals surface area (Å²) in [6.45, 7) is 1.64. The molecular weight excluding hydrogens is 999 g/mol. The van der Waals surface area contributed by atoms with Gasteiger partial charge in [0.15, 0.2) is 18.9 Å². The summed E-state index contributed by atoms with van der Waals surface area (Å²) in [4.78, 5) is 13.3. The molecule has 1 amide bonds. The molecule has 0 radical (unpaired) electrons. The maximum absolute atomic E-state index is 13.3. The van der Waals surface area contributed by atoms with Crippen molar-refractivity contribution in [3.63, 3.8) is 0 Å². The minimum absolute atomic E-state index is 0.225. The number of unbranched alkanes of at least 4 members (excludes halogenated alkanes) is 23. The van der Waals surface area contributed by atoms with Crippen LogP contribution in [-0.4, -0.2) is 193 Å². The summed E-state index contributed by atoms with van der Waals surface area (Å²) in [7, 11) is 0. The molecule has 77 heavy (non-hydrogen) atoms. The first-order valence-corrected chi connectivity index (χ1v) is 29.7. The summed E-state index contributed by atoms with van der Waals surface area (Å²) < 4.78 is 34.2. The van der Waals surface area contributed by atoms with Gasteiger partial charge in [0.25, 0.3) is 0 Å². The molecule has 0 aromatic rings. The topological polar surface area (TPSA) is 307 Å². The second-order valence-corrected chi connectivity index (χ2v) is 21.4. The zero-order chi connectivity index (χ0) is 56.2. The molecule has 3 heterocycles. The number of hydrogen-bond acceptors (Lipinski definition) is 18. The Bertz CT molecular complexity index is 1550. The highest BCUT2D eigenvalue weighted by Crippen LogP contribution is 2.33. The van der Waals surface area contributed by atoms with E-state index in [1.807, 2.05) is 6.08 Å². The van der Waals surface area contributed by atoms with Crippen molar-refractivity contribution < 1.29 is 89.4 Å². The standard InChI is InChI=1S/C58H105NO18/c1-3-5-7-9-11-13-15-16-17-18-19-20-21-22-23-24-26-27-29-31-33-35-42(63)41(59-46(64)36-34-32-30-28-25-14-12-10-8-6-4-2)40-72-56-52(70)49(67)54(44(38-61)74-56)77-58-53(71)50(68)55(45(39-62)75-58)76-57-51(69)48(66)47(65)43(37-60)73-57/h10,12,26-27,33,35,41-45,47-58,60-63,65-71H,3-9,11,13-25,28-32,34,36-40H2,1-2H3,(H,59,64)/b12-10-,27-26+,35-33+. The molecule has 3 fully saturated rings. The SMILES string of the molecule is CCCC/C=C\CCCCCCCC(=O)NC(COC1OC(CO)C(OC2OC(CO)C(OC3OC(CO)C(O)C(O)C3O)C(O)C2O)C(O)C1O)C(O)/C=C/CC/C=C/CCCCCCCCCCCCCCCCC. The summed E-state index contributed by atoms with van der Waals surface area (Å²) >= 11 is 0. The summed E-state index contributed by atoms with van der Waals surface area (Å²) in [6.07, 6.45) is 17.2. The van der Waals surface area contributed by atoms with Gasteiger partial charge in [0.1, 0.15) is 73.2 Å². The molecule has 3 rings (SSSR count). The van der Waals surface area contributed by atoms with Gasteiger partial charge in [0.05, 0.1) is 38.6 Å². The van der Waals surface area contributed by atoms with Crippen LogP contribution in [0, 0.1) is 0 Å². The van der Waals surface area contributed by atoms with Crippen molar-refractivity contribution in [1.82, 2.24) is 5.32 Å². The van der Waals surface area contributed by atoms with Crippen LogP contribution in [0.25, 0.3) is 0 Å². The first-order valence-electron chi connectivity index (χ1n) is 29.7. The first kappa shape index (κ1) is 69.3. The molecule has 3 aliphatic rings. The van der Waals surface area contributed by atoms with Crippen LogP contribution in [0.1, 0.15) is 194 Å². The highest BCUT2D eigenvalue weighted by atomic mass is 16.8. The van der Waals surface area contributed by atoms with Crippen LogP contribution in [0.5, 0.6) is 0 Å². The molecule has 0 aromatic heterocycles. The van der Waals surface area contributed by atoms with Gasteiger partial charge in [0, 0.05) is 6.42 Å². The average molecular weight is 1100 g/mol. The smallest absolute Gasteiger partial charge is 0.220 e. The number of carbonyl (C=O) groups is 1. The monoisotopic (exact) mass is 1100 g/mol. The van der Waals surface area contributed by atoms with Crippen LogP contribution in [-0.2, 0) is 33.2 Å². The third-order valence-electron chi connectivity index (χ3n) is 14.9. The quantitative estimate of drug-likeness (QED) is 0.0285. The second-order valence-electron chi connectivity index (χ2n) is 21.4. The summed E-state index contributed by atoms with van der Waals surface area (Å²) in [5, 5.41) is 120. The van der Waals surface area contributed by atoms with Crippen molar-refractivity contribution in [3.05, 3.63) is 36.5 Å². The van der Waals surface area contributed by atoms with Crippen LogP contribution in [0.15, 0.2) is 36.5 Å². The van der Waals surface area contributed by atoms with Crippen LogP contribution < -0.4 is 5.32 Å². The number of aliphatic hydroxyl groups is 11. The van der Waals surface area contributed by atoms with E-state index in [0.717, 1.165) is 57.8 Å². The number of aliphatic hydroxyl groups excluding tert-OH is 11. The molecule has 0 aliphatic carbocycles. The number of hydrogen-bond donors (Lipinski definition) is 12. The fourth-order valence-corrected chi connectivity index (χ4v) is 9.95. The number of ether oxygens (including phenoxy) is 6.